The molecule has 1 aliphatic rings. The highest BCUT2D eigenvalue weighted by atomic mass is 16.5. The summed E-state index contributed by atoms with van der Waals surface area (Å²) in [7, 11) is 6.09. The van der Waals surface area contributed by atoms with Crippen molar-refractivity contribution < 1.29 is 9.53 Å². The second kappa shape index (κ2) is 5.70. The van der Waals surface area contributed by atoms with Crippen LogP contribution < -0.4 is 21.0 Å². The van der Waals surface area contributed by atoms with Crippen molar-refractivity contribution in [2.75, 3.05) is 37.0 Å². The minimum absolute atomic E-state index is 0.247. The Morgan fingerprint density at radius 2 is 1.86 bits per heavy atom. The monoisotopic (exact) mass is 308 g/mol. The zero-order chi connectivity index (χ0) is 16.6. The Kier molecular flexibility index (Phi) is 4.11. The zero-order valence-corrected chi connectivity index (χ0v) is 13.4. The molecule has 0 saturated heterocycles. The number of likely N-dealkylation sites (N-methyl/N-ethyl adjacent to an activating group) is 1. The number of carbonyl (C=O) groups is 1. The third kappa shape index (κ3) is 2.30. The Bertz CT molecular complexity index is 759. The van der Waals surface area contributed by atoms with Crippen LogP contribution in [-0.2, 0) is 23.6 Å². The van der Waals surface area contributed by atoms with Crippen LogP contribution in [0.4, 0.5) is 11.5 Å². The fourth-order valence-electron chi connectivity index (χ4n) is 2.63. The first kappa shape index (κ1) is 15.9. The van der Waals surface area contributed by atoms with E-state index in [1.54, 1.807) is 30.1 Å². The lowest BCUT2D eigenvalue weighted by atomic mass is 10.3. The molecule has 8 heteroatoms. The number of hydrogen-bond acceptors (Lipinski definition) is 6. The standard InChI is InChI=1S/C14H20N4O4/c1-6-18-8-9(13(20)22-5)7-15(2)11-10(18)12(19)17(4)14(21)16(11)3/h8H,6-7H2,1-5H3. The van der Waals surface area contributed by atoms with E-state index in [0.717, 1.165) is 4.57 Å². The van der Waals surface area contributed by atoms with Gasteiger partial charge in [-0.3, -0.25) is 13.9 Å². The summed E-state index contributed by atoms with van der Waals surface area (Å²) < 4.78 is 7.25. The van der Waals surface area contributed by atoms with Gasteiger partial charge in [-0.25, -0.2) is 9.59 Å². The van der Waals surface area contributed by atoms with E-state index in [2.05, 4.69) is 0 Å². The number of aromatic nitrogens is 2. The smallest absolute Gasteiger partial charge is 0.337 e. The molecule has 0 aromatic carbocycles. The Balaban J connectivity index is 2.79. The van der Waals surface area contributed by atoms with Gasteiger partial charge in [0.1, 0.15) is 11.5 Å². The first-order valence-corrected chi connectivity index (χ1v) is 6.90. The molecule has 1 aromatic heterocycles. The van der Waals surface area contributed by atoms with Crippen molar-refractivity contribution >= 4 is 17.5 Å². The average Bonchev–Trinajstić information content (AvgIpc) is 2.66. The van der Waals surface area contributed by atoms with Gasteiger partial charge >= 0.3 is 11.7 Å². The predicted octanol–water partition coefficient (Wildman–Crippen LogP) is -0.583. The van der Waals surface area contributed by atoms with E-state index < -0.39 is 17.2 Å². The molecule has 0 saturated carbocycles. The van der Waals surface area contributed by atoms with E-state index in [0.29, 0.717) is 23.6 Å². The number of fused-ring (bicyclic) bond motifs is 1. The summed E-state index contributed by atoms with van der Waals surface area (Å²) in [5, 5.41) is 0. The van der Waals surface area contributed by atoms with Crippen LogP contribution >= 0.6 is 0 Å². The van der Waals surface area contributed by atoms with Crippen LogP contribution in [-0.4, -0.2) is 42.4 Å². The molecule has 0 fully saturated rings. The molecule has 0 atom stereocenters. The van der Waals surface area contributed by atoms with E-state index in [1.165, 1.54) is 18.7 Å². The fourth-order valence-corrected chi connectivity index (χ4v) is 2.63. The number of esters is 1. The lowest BCUT2D eigenvalue weighted by Crippen LogP contribution is -2.42. The van der Waals surface area contributed by atoms with Crippen molar-refractivity contribution in [1.29, 1.82) is 0 Å². The Labute approximate surface area is 127 Å². The molecule has 1 aliphatic heterocycles. The van der Waals surface area contributed by atoms with Crippen LogP contribution in [0, 0.1) is 0 Å². The van der Waals surface area contributed by atoms with Crippen molar-refractivity contribution in [3.63, 3.8) is 0 Å². The molecule has 0 unspecified atom stereocenters. The SMILES string of the molecule is CCN1C=C(C(=O)OC)CN(C)c2c1c(=O)n(C)c(=O)n2C. The third-order valence-electron chi connectivity index (χ3n) is 3.77. The maximum Gasteiger partial charge on any atom is 0.337 e. The number of ether oxygens (including phenoxy) is 1. The summed E-state index contributed by atoms with van der Waals surface area (Å²) in [6.45, 7) is 2.59. The summed E-state index contributed by atoms with van der Waals surface area (Å²) in [5.74, 6) is 0.0185. The Hall–Kier alpha value is -2.51. The van der Waals surface area contributed by atoms with Crippen molar-refractivity contribution in [3.8, 4) is 0 Å². The summed E-state index contributed by atoms with van der Waals surface area (Å²) >= 11 is 0. The predicted molar refractivity (Wildman–Crippen MR) is 83.3 cm³/mol. The minimum Gasteiger partial charge on any atom is -0.466 e. The van der Waals surface area contributed by atoms with Crippen molar-refractivity contribution in [3.05, 3.63) is 32.6 Å². The molecule has 0 amide bonds. The second-order valence-corrected chi connectivity index (χ2v) is 5.17. The number of rotatable bonds is 2. The quantitative estimate of drug-likeness (QED) is 0.680. The second-order valence-electron chi connectivity index (χ2n) is 5.17. The van der Waals surface area contributed by atoms with Gasteiger partial charge in [0.25, 0.3) is 5.56 Å². The highest BCUT2D eigenvalue weighted by molar-refractivity contribution is 5.91. The van der Waals surface area contributed by atoms with E-state index in [1.807, 2.05) is 6.92 Å². The van der Waals surface area contributed by atoms with Crippen molar-refractivity contribution in [2.24, 2.45) is 14.1 Å². The van der Waals surface area contributed by atoms with Crippen LogP contribution in [0.1, 0.15) is 6.92 Å². The Morgan fingerprint density at radius 3 is 2.41 bits per heavy atom. The number of nitrogens with zero attached hydrogens (tertiary/aromatic N) is 4. The van der Waals surface area contributed by atoms with Gasteiger partial charge in [-0.2, -0.15) is 0 Å². The van der Waals surface area contributed by atoms with Crippen molar-refractivity contribution in [2.45, 2.75) is 6.92 Å². The molecule has 22 heavy (non-hydrogen) atoms. The maximum absolute atomic E-state index is 12.5. The van der Waals surface area contributed by atoms with Crippen LogP contribution in [0.15, 0.2) is 21.4 Å². The topological polar surface area (TPSA) is 76.8 Å². The van der Waals surface area contributed by atoms with Gasteiger partial charge in [-0.15, -0.1) is 0 Å². The number of methoxy groups -OCH3 is 1. The summed E-state index contributed by atoms with van der Waals surface area (Å²) in [6.07, 6.45) is 1.61. The highest BCUT2D eigenvalue weighted by Gasteiger charge is 2.28. The van der Waals surface area contributed by atoms with Crippen LogP contribution in [0.25, 0.3) is 0 Å². The summed E-state index contributed by atoms with van der Waals surface area (Å²) in [5.41, 5.74) is -0.0200. The average molecular weight is 308 g/mol. The molecule has 120 valence electrons. The zero-order valence-electron chi connectivity index (χ0n) is 13.4. The molecule has 1 aromatic rings. The number of anilines is 2. The molecular weight excluding hydrogens is 288 g/mol. The van der Waals surface area contributed by atoms with Gasteiger partial charge in [0, 0.05) is 33.9 Å². The van der Waals surface area contributed by atoms with Gasteiger partial charge in [0.2, 0.25) is 0 Å². The molecule has 0 aliphatic carbocycles. The molecule has 2 rings (SSSR count). The van der Waals surface area contributed by atoms with Crippen LogP contribution in [0.3, 0.4) is 0 Å². The van der Waals surface area contributed by atoms with E-state index in [9.17, 15) is 14.4 Å². The molecular formula is C14H20N4O4. The van der Waals surface area contributed by atoms with E-state index >= 15 is 0 Å². The van der Waals surface area contributed by atoms with Gasteiger partial charge in [-0.05, 0) is 6.92 Å². The normalized spacial score (nSPS) is 14.3. The molecule has 0 spiro atoms. The third-order valence-corrected chi connectivity index (χ3v) is 3.77. The molecule has 8 nitrogen and oxygen atoms in total. The minimum atomic E-state index is -0.458. The first-order chi connectivity index (χ1) is 10.3. The van der Waals surface area contributed by atoms with Crippen LogP contribution in [0.2, 0.25) is 0 Å². The van der Waals surface area contributed by atoms with Gasteiger partial charge < -0.3 is 14.5 Å². The number of hydrogen-bond donors (Lipinski definition) is 0. The van der Waals surface area contributed by atoms with E-state index in [4.69, 9.17) is 4.74 Å². The summed E-state index contributed by atoms with van der Waals surface area (Å²) in [4.78, 5) is 40.0. The maximum atomic E-state index is 12.5. The molecule has 2 heterocycles. The van der Waals surface area contributed by atoms with Gasteiger partial charge in [0.15, 0.2) is 0 Å². The number of carbonyl (C=O) groups excluding carboxylic acids is 1. The first-order valence-electron chi connectivity index (χ1n) is 6.90. The fraction of sp³-hybridized carbons (Fsp3) is 0.500. The lowest BCUT2D eigenvalue weighted by Gasteiger charge is -2.25. The van der Waals surface area contributed by atoms with Gasteiger partial charge in [0.05, 0.1) is 19.2 Å². The molecule has 0 radical (unpaired) electrons. The largest absolute Gasteiger partial charge is 0.466 e. The molecule has 0 bridgehead atoms. The Morgan fingerprint density at radius 1 is 1.23 bits per heavy atom. The summed E-state index contributed by atoms with van der Waals surface area (Å²) in [6, 6.07) is 0. The van der Waals surface area contributed by atoms with Crippen molar-refractivity contribution in [1.82, 2.24) is 9.13 Å². The lowest BCUT2D eigenvalue weighted by molar-refractivity contribution is -0.136. The highest BCUT2D eigenvalue weighted by Crippen LogP contribution is 2.27. The van der Waals surface area contributed by atoms with E-state index in [-0.39, 0.29) is 6.54 Å². The van der Waals surface area contributed by atoms with Crippen LogP contribution in [0.5, 0.6) is 0 Å². The van der Waals surface area contributed by atoms with Gasteiger partial charge in [-0.1, -0.05) is 0 Å². The molecule has 0 N–H and O–H groups in total.